The van der Waals surface area contributed by atoms with Crippen LogP contribution < -0.4 is 0 Å². The van der Waals surface area contributed by atoms with Gasteiger partial charge in [-0.1, -0.05) is 11.6 Å². The summed E-state index contributed by atoms with van der Waals surface area (Å²) in [6.07, 6.45) is 0.302. The van der Waals surface area contributed by atoms with Crippen LogP contribution >= 0.6 is 34.7 Å². The summed E-state index contributed by atoms with van der Waals surface area (Å²) in [5, 5.41) is 12.7. The average molecular weight is 370 g/mol. The van der Waals surface area contributed by atoms with Crippen LogP contribution in [0.15, 0.2) is 23.6 Å². The van der Waals surface area contributed by atoms with Crippen molar-refractivity contribution in [3.05, 3.63) is 34.2 Å². The average Bonchev–Trinajstić information content (AvgIpc) is 2.89. The van der Waals surface area contributed by atoms with E-state index in [4.69, 9.17) is 16.7 Å². The first-order valence-corrected chi connectivity index (χ1v) is 9.70. The Morgan fingerprint density at radius 3 is 3.00 bits per heavy atom. The molecule has 1 fully saturated rings. The summed E-state index contributed by atoms with van der Waals surface area (Å²) in [6, 6.07) is 5.47. The Hall–Kier alpha value is -1.24. The topological polar surface area (TPSA) is 57.6 Å². The van der Waals surface area contributed by atoms with Gasteiger partial charge in [-0.25, -0.2) is 0 Å². The van der Waals surface area contributed by atoms with E-state index in [0.717, 1.165) is 21.4 Å². The normalized spacial score (nSPS) is 18.3. The van der Waals surface area contributed by atoms with Crippen molar-refractivity contribution < 1.29 is 14.7 Å². The third-order valence-electron chi connectivity index (χ3n) is 3.92. The first kappa shape index (κ1) is 16.6. The van der Waals surface area contributed by atoms with E-state index in [2.05, 4.69) is 0 Å². The van der Waals surface area contributed by atoms with Crippen LogP contribution in [-0.4, -0.2) is 46.0 Å². The molecule has 1 saturated heterocycles. The van der Waals surface area contributed by atoms with E-state index in [1.165, 1.54) is 0 Å². The van der Waals surface area contributed by atoms with Gasteiger partial charge in [-0.15, -0.1) is 11.3 Å². The molecular weight excluding hydrogens is 354 g/mol. The van der Waals surface area contributed by atoms with Gasteiger partial charge in [0.05, 0.1) is 18.9 Å². The molecule has 1 aromatic heterocycles. The molecule has 0 saturated carbocycles. The smallest absolute Gasteiger partial charge is 0.305 e. The molecule has 1 aromatic carbocycles. The fourth-order valence-corrected chi connectivity index (χ4v) is 4.99. The molecule has 7 heteroatoms. The van der Waals surface area contributed by atoms with E-state index in [1.807, 2.05) is 23.6 Å². The molecule has 4 nitrogen and oxygen atoms in total. The number of thiophene rings is 1. The SMILES string of the molecule is O=C(O)CC1CSCCN1C(=O)Cc1csc2ccc(Cl)cc12. The first-order valence-electron chi connectivity index (χ1n) is 7.29. The van der Waals surface area contributed by atoms with E-state index >= 15 is 0 Å². The van der Waals surface area contributed by atoms with Gasteiger partial charge in [-0.2, -0.15) is 11.8 Å². The quantitative estimate of drug-likeness (QED) is 0.895. The summed E-state index contributed by atoms with van der Waals surface area (Å²) in [6.45, 7) is 0.615. The minimum absolute atomic E-state index is 0.00349. The Balaban J connectivity index is 1.78. The van der Waals surface area contributed by atoms with Crippen LogP contribution in [0.4, 0.5) is 0 Å². The van der Waals surface area contributed by atoms with Crippen molar-refractivity contribution >= 4 is 56.7 Å². The van der Waals surface area contributed by atoms with Gasteiger partial charge in [0.1, 0.15) is 0 Å². The summed E-state index contributed by atoms with van der Waals surface area (Å²) in [5.74, 6) is 0.686. The zero-order valence-electron chi connectivity index (χ0n) is 12.3. The van der Waals surface area contributed by atoms with Crippen LogP contribution in [0, 0.1) is 0 Å². The Labute approximate surface area is 147 Å². The van der Waals surface area contributed by atoms with Crippen molar-refractivity contribution in [3.8, 4) is 0 Å². The molecule has 1 N–H and O–H groups in total. The fourth-order valence-electron chi connectivity index (χ4n) is 2.81. The highest BCUT2D eigenvalue weighted by molar-refractivity contribution is 7.99. The fraction of sp³-hybridized carbons (Fsp3) is 0.375. The second-order valence-electron chi connectivity index (χ2n) is 5.49. The number of carboxylic acid groups (broad SMARTS) is 1. The van der Waals surface area contributed by atoms with E-state index in [-0.39, 0.29) is 18.4 Å². The van der Waals surface area contributed by atoms with Crippen LogP contribution in [0.5, 0.6) is 0 Å². The number of carbonyl (C=O) groups is 2. The van der Waals surface area contributed by atoms with Crippen molar-refractivity contribution in [1.82, 2.24) is 4.90 Å². The lowest BCUT2D eigenvalue weighted by atomic mass is 10.1. The Bertz CT molecular complexity index is 746. The van der Waals surface area contributed by atoms with E-state index in [0.29, 0.717) is 23.7 Å². The molecule has 3 rings (SSSR count). The van der Waals surface area contributed by atoms with Crippen LogP contribution in [0.2, 0.25) is 5.02 Å². The van der Waals surface area contributed by atoms with Gasteiger partial charge in [-0.3, -0.25) is 9.59 Å². The van der Waals surface area contributed by atoms with Gasteiger partial charge in [-0.05, 0) is 34.5 Å². The zero-order chi connectivity index (χ0) is 16.4. The number of amides is 1. The minimum atomic E-state index is -0.858. The molecule has 23 heavy (non-hydrogen) atoms. The maximum atomic E-state index is 12.7. The predicted molar refractivity (Wildman–Crippen MR) is 95.6 cm³/mol. The van der Waals surface area contributed by atoms with Gasteiger partial charge in [0.15, 0.2) is 0 Å². The van der Waals surface area contributed by atoms with Crippen molar-refractivity contribution in [3.63, 3.8) is 0 Å². The number of carboxylic acids is 1. The van der Waals surface area contributed by atoms with E-state index < -0.39 is 5.97 Å². The van der Waals surface area contributed by atoms with Crippen molar-refractivity contribution in [2.75, 3.05) is 18.1 Å². The maximum Gasteiger partial charge on any atom is 0.305 e. The monoisotopic (exact) mass is 369 g/mol. The zero-order valence-corrected chi connectivity index (χ0v) is 14.7. The Morgan fingerprint density at radius 1 is 1.39 bits per heavy atom. The van der Waals surface area contributed by atoms with Gasteiger partial charge in [0, 0.05) is 27.8 Å². The number of fused-ring (bicyclic) bond motifs is 1. The lowest BCUT2D eigenvalue weighted by Crippen LogP contribution is -2.47. The van der Waals surface area contributed by atoms with E-state index in [1.54, 1.807) is 28.0 Å². The molecule has 2 heterocycles. The molecule has 1 atom stereocenters. The number of hydrogen-bond donors (Lipinski definition) is 1. The molecule has 0 radical (unpaired) electrons. The second kappa shape index (κ2) is 7.11. The van der Waals surface area contributed by atoms with Crippen molar-refractivity contribution in [2.24, 2.45) is 0 Å². The first-order chi connectivity index (χ1) is 11.0. The summed E-state index contributed by atoms with van der Waals surface area (Å²) in [5.41, 5.74) is 0.963. The largest absolute Gasteiger partial charge is 0.481 e. The molecule has 1 unspecified atom stereocenters. The summed E-state index contributed by atoms with van der Waals surface area (Å²) in [4.78, 5) is 25.4. The lowest BCUT2D eigenvalue weighted by molar-refractivity contribution is -0.140. The number of aliphatic carboxylic acids is 1. The summed E-state index contributed by atoms with van der Waals surface area (Å²) < 4.78 is 1.11. The molecule has 1 amide bonds. The van der Waals surface area contributed by atoms with E-state index in [9.17, 15) is 9.59 Å². The van der Waals surface area contributed by atoms with Crippen molar-refractivity contribution in [2.45, 2.75) is 18.9 Å². The standard InChI is InChI=1S/C16H16ClNO3S2/c17-11-1-2-14-13(6-11)10(8-23-14)5-15(19)18-3-4-22-9-12(18)7-16(20)21/h1-2,6,8,12H,3-5,7,9H2,(H,20,21). The maximum absolute atomic E-state index is 12.7. The van der Waals surface area contributed by atoms with Crippen LogP contribution in [0.1, 0.15) is 12.0 Å². The minimum Gasteiger partial charge on any atom is -0.481 e. The van der Waals surface area contributed by atoms with Gasteiger partial charge < -0.3 is 10.0 Å². The number of rotatable bonds is 4. The van der Waals surface area contributed by atoms with Crippen LogP contribution in [0.25, 0.3) is 10.1 Å². The lowest BCUT2D eigenvalue weighted by Gasteiger charge is -2.34. The van der Waals surface area contributed by atoms with Gasteiger partial charge in [0.25, 0.3) is 0 Å². The summed E-state index contributed by atoms with van der Waals surface area (Å²) in [7, 11) is 0. The number of benzene rings is 1. The third kappa shape index (κ3) is 3.82. The van der Waals surface area contributed by atoms with Gasteiger partial charge in [0.2, 0.25) is 5.91 Å². The molecule has 1 aliphatic rings. The molecule has 0 aliphatic carbocycles. The Morgan fingerprint density at radius 2 is 2.22 bits per heavy atom. The number of halogens is 1. The Kier molecular flexibility index (Phi) is 5.14. The second-order valence-corrected chi connectivity index (χ2v) is 7.99. The highest BCUT2D eigenvalue weighted by atomic mass is 35.5. The van der Waals surface area contributed by atoms with Crippen molar-refractivity contribution in [1.29, 1.82) is 0 Å². The van der Waals surface area contributed by atoms with Crippen LogP contribution in [-0.2, 0) is 16.0 Å². The number of nitrogens with zero attached hydrogens (tertiary/aromatic N) is 1. The number of hydrogen-bond acceptors (Lipinski definition) is 4. The predicted octanol–water partition coefficient (Wildman–Crippen LogP) is 3.52. The highest BCUT2D eigenvalue weighted by Gasteiger charge is 2.29. The molecule has 122 valence electrons. The number of thioether (sulfide) groups is 1. The molecular formula is C16H16ClNO3S2. The number of carbonyl (C=O) groups excluding carboxylic acids is 1. The molecule has 0 spiro atoms. The third-order valence-corrected chi connectivity index (χ3v) is 6.25. The molecule has 1 aliphatic heterocycles. The van der Waals surface area contributed by atoms with Gasteiger partial charge >= 0.3 is 5.97 Å². The summed E-state index contributed by atoms with van der Waals surface area (Å²) >= 11 is 9.36. The van der Waals surface area contributed by atoms with Crippen LogP contribution in [0.3, 0.4) is 0 Å². The molecule has 0 bridgehead atoms. The molecule has 2 aromatic rings. The highest BCUT2D eigenvalue weighted by Crippen LogP contribution is 2.30.